The first-order valence-corrected chi connectivity index (χ1v) is 10.0. The van der Waals surface area contributed by atoms with Crippen molar-refractivity contribution >= 4 is 27.3 Å². The molecule has 32 heavy (non-hydrogen) atoms. The number of aromatic nitrogens is 2. The first-order chi connectivity index (χ1) is 14.8. The van der Waals surface area contributed by atoms with Crippen LogP contribution in [0, 0.1) is 6.07 Å². The topological polar surface area (TPSA) is 72.3 Å². The second kappa shape index (κ2) is 11.5. The van der Waals surface area contributed by atoms with Crippen LogP contribution in [0.1, 0.15) is 39.2 Å². The van der Waals surface area contributed by atoms with Crippen molar-refractivity contribution in [3.63, 3.8) is 0 Å². The second-order valence-corrected chi connectivity index (χ2v) is 7.55. The average molecular weight is 606 g/mol. The number of aliphatic hydroxyl groups is 1. The molecule has 0 aliphatic heterocycles. The van der Waals surface area contributed by atoms with Gasteiger partial charge in [0.2, 0.25) is 5.88 Å². The van der Waals surface area contributed by atoms with Gasteiger partial charge in [-0.15, -0.1) is 0 Å². The molecule has 0 saturated carbocycles. The molecule has 0 spiro atoms. The maximum Gasteiger partial charge on any atom is 0.216 e. The number of pyridine rings is 2. The van der Waals surface area contributed by atoms with Gasteiger partial charge in [0.05, 0.1) is 5.76 Å². The molecule has 0 saturated heterocycles. The SMILES string of the molecule is CC(=O)/C=C(/C)O.CC(C)c1ccc2ccc3cnc(Oc4[c-]cncc4)cc3c2c1.[Ir]. The molecule has 0 unspecified atom stereocenters. The first kappa shape index (κ1) is 25.2. The van der Waals surface area contributed by atoms with Gasteiger partial charge in [-0.05, 0) is 47.2 Å². The van der Waals surface area contributed by atoms with E-state index in [4.69, 9.17) is 9.84 Å². The number of benzene rings is 2. The molecule has 0 atom stereocenters. The predicted molar refractivity (Wildman–Crippen MR) is 124 cm³/mol. The number of ether oxygens (including phenoxy) is 1. The van der Waals surface area contributed by atoms with Crippen molar-refractivity contribution in [2.75, 3.05) is 0 Å². The Kier molecular flexibility index (Phi) is 9.06. The van der Waals surface area contributed by atoms with Crippen LogP contribution in [0.5, 0.6) is 11.6 Å². The number of fused-ring (bicyclic) bond motifs is 3. The largest absolute Gasteiger partial charge is 0.512 e. The molecule has 4 aromatic rings. The molecule has 0 bridgehead atoms. The van der Waals surface area contributed by atoms with Crippen molar-refractivity contribution < 1.29 is 34.7 Å². The fraction of sp³-hybridized carbons (Fsp3) is 0.192. The molecular formula is C26H25IrN2O3-. The van der Waals surface area contributed by atoms with Gasteiger partial charge in [0.15, 0.2) is 5.78 Å². The summed E-state index contributed by atoms with van der Waals surface area (Å²) in [5.41, 5.74) is 1.33. The molecule has 0 fully saturated rings. The van der Waals surface area contributed by atoms with E-state index in [1.165, 1.54) is 36.3 Å². The minimum atomic E-state index is -0.125. The van der Waals surface area contributed by atoms with Crippen LogP contribution in [0.2, 0.25) is 0 Å². The Morgan fingerprint density at radius 1 is 1.06 bits per heavy atom. The Bertz CT molecular complexity index is 1230. The average Bonchev–Trinajstić information content (AvgIpc) is 2.73. The zero-order valence-electron chi connectivity index (χ0n) is 18.4. The van der Waals surface area contributed by atoms with Crippen molar-refractivity contribution in [1.29, 1.82) is 0 Å². The van der Waals surface area contributed by atoms with Crippen LogP contribution >= 0.6 is 0 Å². The van der Waals surface area contributed by atoms with Crippen LogP contribution in [0.25, 0.3) is 21.5 Å². The normalized spacial score (nSPS) is 11.0. The summed E-state index contributed by atoms with van der Waals surface area (Å²) >= 11 is 0. The predicted octanol–water partition coefficient (Wildman–Crippen LogP) is 6.53. The van der Waals surface area contributed by atoms with Gasteiger partial charge in [0, 0.05) is 43.8 Å². The van der Waals surface area contributed by atoms with E-state index in [-0.39, 0.29) is 31.6 Å². The minimum absolute atomic E-state index is 0. The smallest absolute Gasteiger partial charge is 0.216 e. The number of hydrogen-bond donors (Lipinski definition) is 1. The van der Waals surface area contributed by atoms with Crippen molar-refractivity contribution in [3.05, 3.63) is 84.5 Å². The van der Waals surface area contributed by atoms with E-state index in [9.17, 15) is 4.79 Å². The molecule has 5 nitrogen and oxygen atoms in total. The molecule has 2 aromatic carbocycles. The van der Waals surface area contributed by atoms with Crippen molar-refractivity contribution in [2.45, 2.75) is 33.6 Å². The zero-order valence-corrected chi connectivity index (χ0v) is 20.8. The van der Waals surface area contributed by atoms with E-state index in [1.54, 1.807) is 18.5 Å². The molecule has 167 valence electrons. The van der Waals surface area contributed by atoms with Crippen LogP contribution in [0.3, 0.4) is 0 Å². The number of carbonyl (C=O) groups is 1. The molecule has 2 heterocycles. The van der Waals surface area contributed by atoms with E-state index in [0.29, 0.717) is 17.5 Å². The first-order valence-electron chi connectivity index (χ1n) is 10.0. The zero-order chi connectivity index (χ0) is 22.4. The van der Waals surface area contributed by atoms with Crippen LogP contribution < -0.4 is 4.74 Å². The quantitative estimate of drug-likeness (QED) is 0.124. The van der Waals surface area contributed by atoms with Crippen LogP contribution in [0.4, 0.5) is 0 Å². The van der Waals surface area contributed by atoms with Crippen LogP contribution in [-0.2, 0) is 24.9 Å². The Labute approximate surface area is 201 Å². The summed E-state index contributed by atoms with van der Waals surface area (Å²) in [5, 5.41) is 13.1. The number of carbonyl (C=O) groups excluding carboxylic acids is 1. The Morgan fingerprint density at radius 3 is 2.34 bits per heavy atom. The van der Waals surface area contributed by atoms with Gasteiger partial charge in [-0.25, -0.2) is 4.98 Å². The Morgan fingerprint density at radius 2 is 1.75 bits per heavy atom. The molecule has 1 radical (unpaired) electrons. The summed E-state index contributed by atoms with van der Waals surface area (Å²) < 4.78 is 5.81. The number of rotatable bonds is 4. The maximum absolute atomic E-state index is 10.0. The summed E-state index contributed by atoms with van der Waals surface area (Å²) in [7, 11) is 0. The second-order valence-electron chi connectivity index (χ2n) is 7.55. The van der Waals surface area contributed by atoms with Crippen molar-refractivity contribution in [3.8, 4) is 11.6 Å². The Balaban J connectivity index is 0.000000398. The van der Waals surface area contributed by atoms with E-state index in [0.717, 1.165) is 10.8 Å². The van der Waals surface area contributed by atoms with Gasteiger partial charge in [0.1, 0.15) is 0 Å². The number of aliphatic hydroxyl groups excluding tert-OH is 1. The van der Waals surface area contributed by atoms with Gasteiger partial charge in [0.25, 0.3) is 0 Å². The molecule has 4 rings (SSSR count). The molecule has 0 aliphatic carbocycles. The number of allylic oxidation sites excluding steroid dienone is 2. The third kappa shape index (κ3) is 6.71. The molecule has 0 amide bonds. The van der Waals surface area contributed by atoms with Gasteiger partial charge in [-0.3, -0.25) is 4.79 Å². The summed E-state index contributed by atoms with van der Waals surface area (Å²) in [6.07, 6.45) is 6.28. The van der Waals surface area contributed by atoms with E-state index >= 15 is 0 Å². The van der Waals surface area contributed by atoms with Crippen LogP contribution in [-0.4, -0.2) is 20.9 Å². The summed E-state index contributed by atoms with van der Waals surface area (Å²) in [6.45, 7) is 7.27. The third-order valence-corrected chi connectivity index (χ3v) is 4.61. The minimum Gasteiger partial charge on any atom is -0.512 e. The van der Waals surface area contributed by atoms with Crippen molar-refractivity contribution in [1.82, 2.24) is 9.97 Å². The summed E-state index contributed by atoms with van der Waals surface area (Å²) in [4.78, 5) is 18.4. The molecule has 2 aromatic heterocycles. The fourth-order valence-corrected chi connectivity index (χ4v) is 3.13. The summed E-state index contributed by atoms with van der Waals surface area (Å²) in [5.74, 6) is 1.61. The van der Waals surface area contributed by atoms with Gasteiger partial charge < -0.3 is 14.8 Å². The molecule has 0 aliphatic rings. The van der Waals surface area contributed by atoms with Gasteiger partial charge in [-0.2, -0.15) is 12.1 Å². The molecular weight excluding hydrogens is 581 g/mol. The van der Waals surface area contributed by atoms with E-state index in [1.807, 2.05) is 12.3 Å². The Hall–Kier alpha value is -3.08. The molecule has 1 N–H and O–H groups in total. The van der Waals surface area contributed by atoms with E-state index in [2.05, 4.69) is 60.2 Å². The standard InChI is InChI=1S/C21H17N2O.C5H8O2.Ir/c1-14(2)16-5-3-15-4-6-17-13-23-21(12-20(17)19(15)11-16)24-18-7-9-22-10-8-18;1-4(6)3-5(2)7;/h3-7,9-14H,1-2H3;3,6H,1-2H3;/q-1;;/b;4-3-;. The third-order valence-electron chi connectivity index (χ3n) is 4.61. The van der Waals surface area contributed by atoms with Gasteiger partial charge in [-0.1, -0.05) is 56.6 Å². The fourth-order valence-electron chi connectivity index (χ4n) is 3.13. The number of hydrogen-bond acceptors (Lipinski definition) is 5. The monoisotopic (exact) mass is 606 g/mol. The maximum atomic E-state index is 10.0. The van der Waals surface area contributed by atoms with Crippen LogP contribution in [0.15, 0.2) is 72.9 Å². The van der Waals surface area contributed by atoms with Crippen molar-refractivity contribution in [2.24, 2.45) is 0 Å². The number of ketones is 1. The van der Waals surface area contributed by atoms with E-state index < -0.39 is 0 Å². The molecule has 6 heteroatoms. The number of nitrogens with zero attached hydrogens (tertiary/aromatic N) is 2. The summed E-state index contributed by atoms with van der Waals surface area (Å²) in [6, 6.07) is 17.6. The van der Waals surface area contributed by atoms with Gasteiger partial charge >= 0.3 is 0 Å².